The molecule has 2 heterocycles. The lowest BCUT2D eigenvalue weighted by Gasteiger charge is -2.26. The van der Waals surface area contributed by atoms with Crippen molar-refractivity contribution in [1.29, 1.82) is 21.0 Å². The van der Waals surface area contributed by atoms with Crippen molar-refractivity contribution in [2.24, 2.45) is 0 Å². The van der Waals surface area contributed by atoms with E-state index < -0.39 is 0 Å². The van der Waals surface area contributed by atoms with Gasteiger partial charge in [-0.2, -0.15) is 21.0 Å². The Balaban J connectivity index is 1.09. The number of hydrogen-bond donors (Lipinski definition) is 0. The Hall–Kier alpha value is -7.26. The molecule has 9 aromatic rings. The average molecular weight is 710 g/mol. The van der Waals surface area contributed by atoms with Gasteiger partial charge >= 0.3 is 0 Å². The second-order valence-corrected chi connectivity index (χ2v) is 14.9. The first-order valence-corrected chi connectivity index (χ1v) is 18.3. The Labute approximate surface area is 312 Å². The van der Waals surface area contributed by atoms with Gasteiger partial charge in [0.1, 0.15) is 0 Å². The highest BCUT2D eigenvalue weighted by atomic mass is 32.1. The van der Waals surface area contributed by atoms with Crippen molar-refractivity contribution in [3.63, 3.8) is 0 Å². The van der Waals surface area contributed by atoms with Gasteiger partial charge in [0, 0.05) is 57.4 Å². The molecule has 0 N–H and O–H groups in total. The van der Waals surface area contributed by atoms with E-state index in [4.69, 9.17) is 0 Å². The zero-order valence-corrected chi connectivity index (χ0v) is 29.5. The smallest absolute Gasteiger partial charge is 0.0992 e. The van der Waals surface area contributed by atoms with Crippen LogP contribution in [-0.4, -0.2) is 0 Å². The first kappa shape index (κ1) is 31.7. The third-order valence-corrected chi connectivity index (χ3v) is 11.8. The summed E-state index contributed by atoms with van der Waals surface area (Å²) in [5.74, 6) is 0. The largest absolute Gasteiger partial charge is 0.310 e. The maximum Gasteiger partial charge on any atom is 0.0992 e. The van der Waals surface area contributed by atoms with Crippen molar-refractivity contribution in [3.8, 4) is 46.5 Å². The van der Waals surface area contributed by atoms with Crippen molar-refractivity contribution in [2.75, 3.05) is 4.90 Å². The number of nitrogens with zero attached hydrogens (tertiary/aromatic N) is 5. The van der Waals surface area contributed by atoms with Crippen LogP contribution < -0.4 is 4.90 Å². The molecule has 0 fully saturated rings. The number of hydrogen-bond acceptors (Lipinski definition) is 7. The van der Waals surface area contributed by atoms with Crippen molar-refractivity contribution >= 4 is 80.1 Å². The van der Waals surface area contributed by atoms with Crippen LogP contribution in [0.25, 0.3) is 62.6 Å². The van der Waals surface area contributed by atoms with E-state index in [1.54, 1.807) is 28.7 Å². The molecule has 244 valence electrons. The fourth-order valence-electron chi connectivity index (χ4n) is 6.97. The molecule has 0 saturated carbocycles. The highest BCUT2D eigenvalue weighted by Crippen LogP contribution is 2.41. The minimum Gasteiger partial charge on any atom is -0.310 e. The van der Waals surface area contributed by atoms with Crippen LogP contribution in [0.4, 0.5) is 17.1 Å². The summed E-state index contributed by atoms with van der Waals surface area (Å²) in [6, 6.07) is 55.4. The first-order chi connectivity index (χ1) is 26.0. The standard InChI is InChI=1S/C46H23N5S2/c47-24-28-1-13-39-41-15-7-34(22-45(41)52-43(39)20-28)32-3-9-36(10-4-32)51(38-18-30(26-49)17-31(19-38)27-50)37-11-5-33(6-12-37)35-8-16-42-40-14-2-29(25-48)21-44(40)53-46(42)23-35/h1-23H. The highest BCUT2D eigenvalue weighted by Gasteiger charge is 2.16. The summed E-state index contributed by atoms with van der Waals surface area (Å²) in [6.07, 6.45) is 0. The third-order valence-electron chi connectivity index (χ3n) is 9.56. The molecule has 0 saturated heterocycles. The summed E-state index contributed by atoms with van der Waals surface area (Å²) < 4.78 is 4.52. The lowest BCUT2D eigenvalue weighted by Crippen LogP contribution is -2.10. The van der Waals surface area contributed by atoms with E-state index in [0.29, 0.717) is 27.9 Å². The molecule has 0 aliphatic rings. The lowest BCUT2D eigenvalue weighted by molar-refractivity contribution is 1.27. The van der Waals surface area contributed by atoms with E-state index in [9.17, 15) is 21.0 Å². The summed E-state index contributed by atoms with van der Waals surface area (Å²) in [7, 11) is 0. The normalized spacial score (nSPS) is 10.9. The SMILES string of the molecule is N#Cc1cc(C#N)cc(N(c2ccc(-c3ccc4c(c3)sc3cc(C#N)ccc34)cc2)c2ccc(-c3ccc4c(c3)sc3cc(C#N)ccc34)cc2)c1. The molecule has 7 heteroatoms. The number of nitriles is 4. The molecule has 0 aliphatic heterocycles. The van der Waals surface area contributed by atoms with Gasteiger partial charge in [0.15, 0.2) is 0 Å². The molecule has 7 aromatic carbocycles. The third kappa shape index (κ3) is 5.61. The second kappa shape index (κ2) is 12.8. The molecular formula is C46H23N5S2. The second-order valence-electron chi connectivity index (χ2n) is 12.7. The Kier molecular flexibility index (Phi) is 7.66. The van der Waals surface area contributed by atoms with E-state index in [0.717, 1.165) is 63.2 Å². The summed E-state index contributed by atoms with van der Waals surface area (Å²) in [4.78, 5) is 2.07. The van der Waals surface area contributed by atoms with Crippen LogP contribution in [0.5, 0.6) is 0 Å². The molecule has 0 bridgehead atoms. The van der Waals surface area contributed by atoms with Crippen LogP contribution in [0.1, 0.15) is 22.3 Å². The van der Waals surface area contributed by atoms with E-state index in [-0.39, 0.29) is 0 Å². The number of anilines is 3. The zero-order valence-electron chi connectivity index (χ0n) is 27.8. The van der Waals surface area contributed by atoms with Gasteiger partial charge in [-0.3, -0.25) is 0 Å². The van der Waals surface area contributed by atoms with Crippen molar-refractivity contribution in [3.05, 3.63) is 162 Å². The van der Waals surface area contributed by atoms with Crippen LogP contribution in [0.15, 0.2) is 140 Å². The molecule has 0 radical (unpaired) electrons. The quantitative estimate of drug-likeness (QED) is 0.177. The summed E-state index contributed by atoms with van der Waals surface area (Å²) in [5.41, 5.74) is 8.93. The van der Waals surface area contributed by atoms with Crippen LogP contribution in [0.3, 0.4) is 0 Å². The molecule has 53 heavy (non-hydrogen) atoms. The average Bonchev–Trinajstić information content (AvgIpc) is 3.77. The van der Waals surface area contributed by atoms with Crippen LogP contribution in [-0.2, 0) is 0 Å². The predicted molar refractivity (Wildman–Crippen MR) is 217 cm³/mol. The monoisotopic (exact) mass is 709 g/mol. The number of rotatable bonds is 5. The maximum absolute atomic E-state index is 9.82. The summed E-state index contributed by atoms with van der Waals surface area (Å²) >= 11 is 3.38. The van der Waals surface area contributed by atoms with Gasteiger partial charge in [0.2, 0.25) is 0 Å². The van der Waals surface area contributed by atoms with Gasteiger partial charge in [0.25, 0.3) is 0 Å². The van der Waals surface area contributed by atoms with Crippen LogP contribution in [0, 0.1) is 45.3 Å². The van der Waals surface area contributed by atoms with Gasteiger partial charge in [0.05, 0.1) is 46.5 Å². The molecule has 0 atom stereocenters. The lowest BCUT2D eigenvalue weighted by atomic mass is 10.0. The number of fused-ring (bicyclic) bond motifs is 6. The fraction of sp³-hybridized carbons (Fsp3) is 0. The van der Waals surface area contributed by atoms with E-state index in [1.165, 1.54) is 10.8 Å². The Morgan fingerprint density at radius 3 is 1.08 bits per heavy atom. The Morgan fingerprint density at radius 2 is 0.679 bits per heavy atom. The van der Waals surface area contributed by atoms with Crippen LogP contribution >= 0.6 is 22.7 Å². The molecule has 0 spiro atoms. The highest BCUT2D eigenvalue weighted by molar-refractivity contribution is 7.26. The van der Waals surface area contributed by atoms with Crippen molar-refractivity contribution in [1.82, 2.24) is 0 Å². The van der Waals surface area contributed by atoms with Gasteiger partial charge in [-0.05, 0) is 101 Å². The summed E-state index contributed by atoms with van der Waals surface area (Å²) in [6.45, 7) is 0. The number of thiophene rings is 2. The molecule has 0 aliphatic carbocycles. The van der Waals surface area contributed by atoms with Crippen molar-refractivity contribution in [2.45, 2.75) is 0 Å². The van der Waals surface area contributed by atoms with E-state index >= 15 is 0 Å². The minimum absolute atomic E-state index is 0.411. The van der Waals surface area contributed by atoms with Gasteiger partial charge in [-0.1, -0.05) is 60.7 Å². The Morgan fingerprint density at radius 1 is 0.321 bits per heavy atom. The first-order valence-electron chi connectivity index (χ1n) is 16.7. The van der Waals surface area contributed by atoms with Crippen LogP contribution in [0.2, 0.25) is 0 Å². The summed E-state index contributed by atoms with van der Waals surface area (Å²) in [5, 5.41) is 43.0. The molecule has 9 rings (SSSR count). The number of benzene rings is 7. The van der Waals surface area contributed by atoms with Gasteiger partial charge in [-0.25, -0.2) is 0 Å². The molecular weight excluding hydrogens is 687 g/mol. The van der Waals surface area contributed by atoms with Gasteiger partial charge in [-0.15, -0.1) is 22.7 Å². The molecule has 5 nitrogen and oxygen atoms in total. The predicted octanol–water partition coefficient (Wildman–Crippen LogP) is 12.7. The van der Waals surface area contributed by atoms with E-state index in [1.807, 2.05) is 48.5 Å². The zero-order chi connectivity index (χ0) is 36.1. The molecule has 2 aromatic heterocycles. The molecule has 0 unspecified atom stereocenters. The maximum atomic E-state index is 9.82. The van der Waals surface area contributed by atoms with Crippen molar-refractivity contribution < 1.29 is 0 Å². The Bertz CT molecular complexity index is 2900. The van der Waals surface area contributed by atoms with E-state index in [2.05, 4.69) is 114 Å². The topological polar surface area (TPSA) is 98.4 Å². The van der Waals surface area contributed by atoms with Gasteiger partial charge < -0.3 is 4.90 Å². The molecule has 0 amide bonds. The fourth-order valence-corrected chi connectivity index (χ4v) is 9.34. The minimum atomic E-state index is 0.411.